The third kappa shape index (κ3) is 3.76. The molecule has 0 radical (unpaired) electrons. The molecule has 1 aliphatic rings. The lowest BCUT2D eigenvalue weighted by Gasteiger charge is -2.20. The minimum Gasteiger partial charge on any atom is -0.504 e. The summed E-state index contributed by atoms with van der Waals surface area (Å²) in [4.78, 5) is 29.6. The zero-order valence-electron chi connectivity index (χ0n) is 17.4. The van der Waals surface area contributed by atoms with Crippen LogP contribution in [0.3, 0.4) is 0 Å². The second-order valence-electron chi connectivity index (χ2n) is 7.69. The number of aromatic nitrogens is 1. The summed E-state index contributed by atoms with van der Waals surface area (Å²) in [5.74, 6) is -1.37. The first-order valence-corrected chi connectivity index (χ1v) is 10.3. The van der Waals surface area contributed by atoms with Gasteiger partial charge in [0.2, 0.25) is 0 Å². The number of benzene rings is 3. The first-order valence-electron chi connectivity index (χ1n) is 10.3. The van der Waals surface area contributed by atoms with Crippen LogP contribution in [0.5, 0.6) is 11.5 Å². The van der Waals surface area contributed by atoms with Gasteiger partial charge in [-0.25, -0.2) is 0 Å². The largest absolute Gasteiger partial charge is 0.504 e. The quantitative estimate of drug-likeness (QED) is 0.220. The van der Waals surface area contributed by atoms with Gasteiger partial charge in [0.25, 0.3) is 11.8 Å². The van der Waals surface area contributed by atoms with E-state index in [1.54, 1.807) is 24.5 Å². The van der Waals surface area contributed by atoms with E-state index in [0.29, 0.717) is 28.8 Å². The Hall–Kier alpha value is -4.65. The molecule has 5 rings (SSSR count). The zero-order valence-corrected chi connectivity index (χ0v) is 17.4. The first kappa shape index (κ1) is 20.3. The Morgan fingerprint density at radius 3 is 2.55 bits per heavy atom. The molecular weight excluding hydrogens is 418 g/mol. The number of aromatic hydroxyl groups is 2. The molecule has 0 saturated heterocycles. The summed E-state index contributed by atoms with van der Waals surface area (Å²) in [6.45, 7) is 0.306. The van der Waals surface area contributed by atoms with Crippen molar-refractivity contribution in [1.82, 2.24) is 15.6 Å². The van der Waals surface area contributed by atoms with Crippen molar-refractivity contribution in [2.45, 2.75) is 6.54 Å². The van der Waals surface area contributed by atoms with E-state index in [1.165, 1.54) is 12.1 Å². The van der Waals surface area contributed by atoms with Crippen LogP contribution in [-0.2, 0) is 11.3 Å². The Balaban J connectivity index is 1.53. The van der Waals surface area contributed by atoms with Gasteiger partial charge in [-0.2, -0.15) is 0 Å². The number of hydrogen-bond donors (Lipinski definition) is 4. The molecule has 0 atom stereocenters. The van der Waals surface area contributed by atoms with E-state index >= 15 is 0 Å². The number of rotatable bonds is 4. The molecular formula is C26H19N3O4. The van der Waals surface area contributed by atoms with Crippen LogP contribution in [0.25, 0.3) is 27.6 Å². The topological polar surface area (TPSA) is 112 Å². The normalized spacial score (nSPS) is 14.2. The Labute approximate surface area is 189 Å². The smallest absolute Gasteiger partial charge is 0.260 e. The van der Waals surface area contributed by atoms with Crippen molar-refractivity contribution >= 4 is 28.3 Å². The number of nitrogens with zero attached hydrogens (tertiary/aromatic N) is 1. The maximum atomic E-state index is 12.6. The molecule has 7 heteroatoms. The second-order valence-corrected chi connectivity index (χ2v) is 7.69. The highest BCUT2D eigenvalue weighted by Crippen LogP contribution is 2.32. The highest BCUT2D eigenvalue weighted by molar-refractivity contribution is 6.31. The molecule has 0 fully saturated rings. The van der Waals surface area contributed by atoms with Gasteiger partial charge in [-0.05, 0) is 41.5 Å². The van der Waals surface area contributed by atoms with Gasteiger partial charge in [0, 0.05) is 41.0 Å². The van der Waals surface area contributed by atoms with E-state index < -0.39 is 11.8 Å². The minimum atomic E-state index is -0.498. The lowest BCUT2D eigenvalue weighted by atomic mass is 9.91. The molecule has 0 bridgehead atoms. The van der Waals surface area contributed by atoms with Gasteiger partial charge < -0.3 is 15.5 Å². The molecule has 0 spiro atoms. The summed E-state index contributed by atoms with van der Waals surface area (Å²) in [5.41, 5.74) is 4.54. The SMILES string of the molecule is O=C1NC(=O)c2ccc(-c3cccc4cccnc34)cc2C1=CNCc1ccc(O)c(O)c1. The van der Waals surface area contributed by atoms with Gasteiger partial charge in [0.05, 0.1) is 11.1 Å². The Morgan fingerprint density at radius 1 is 0.848 bits per heavy atom. The number of hydrogen-bond acceptors (Lipinski definition) is 6. The van der Waals surface area contributed by atoms with E-state index in [0.717, 1.165) is 22.0 Å². The van der Waals surface area contributed by atoms with Gasteiger partial charge in [-0.3, -0.25) is 19.9 Å². The third-order valence-corrected chi connectivity index (χ3v) is 5.56. The van der Waals surface area contributed by atoms with E-state index in [2.05, 4.69) is 15.6 Å². The molecule has 2 heterocycles. The van der Waals surface area contributed by atoms with Gasteiger partial charge in [0.1, 0.15) is 0 Å². The molecule has 7 nitrogen and oxygen atoms in total. The maximum Gasteiger partial charge on any atom is 0.260 e. The number of para-hydroxylation sites is 1. The Bertz CT molecular complexity index is 1450. The van der Waals surface area contributed by atoms with E-state index in [1.807, 2.05) is 42.5 Å². The van der Waals surface area contributed by atoms with Crippen LogP contribution in [0.15, 0.2) is 79.1 Å². The average molecular weight is 437 g/mol. The molecule has 162 valence electrons. The van der Waals surface area contributed by atoms with Crippen molar-refractivity contribution in [3.8, 4) is 22.6 Å². The Kier molecular flexibility index (Phi) is 4.99. The van der Waals surface area contributed by atoms with Crippen molar-refractivity contribution in [3.63, 3.8) is 0 Å². The van der Waals surface area contributed by atoms with Crippen molar-refractivity contribution in [2.24, 2.45) is 0 Å². The molecule has 33 heavy (non-hydrogen) atoms. The van der Waals surface area contributed by atoms with Gasteiger partial charge in [0.15, 0.2) is 11.5 Å². The summed E-state index contributed by atoms with van der Waals surface area (Å²) >= 11 is 0. The predicted octanol–water partition coefficient (Wildman–Crippen LogP) is 3.71. The third-order valence-electron chi connectivity index (χ3n) is 5.56. The standard InChI is InChI=1S/C26H19N3O4/c30-22-9-6-15(11-23(22)31)13-27-14-21-20-12-17(7-8-19(20)25(32)29-26(21)33)18-5-1-3-16-4-2-10-28-24(16)18/h1-12,14,27,30-31H,13H2,(H,29,32,33). The fourth-order valence-electron chi connectivity index (χ4n) is 3.92. The summed E-state index contributed by atoms with van der Waals surface area (Å²) in [6.07, 6.45) is 3.28. The van der Waals surface area contributed by atoms with Crippen molar-refractivity contribution in [3.05, 3.63) is 95.8 Å². The Morgan fingerprint density at radius 2 is 1.70 bits per heavy atom. The van der Waals surface area contributed by atoms with Crippen molar-refractivity contribution in [1.29, 1.82) is 0 Å². The molecule has 4 N–H and O–H groups in total. The molecule has 0 unspecified atom stereocenters. The van der Waals surface area contributed by atoms with Crippen LogP contribution in [0.4, 0.5) is 0 Å². The van der Waals surface area contributed by atoms with E-state index in [-0.39, 0.29) is 11.5 Å². The van der Waals surface area contributed by atoms with Crippen molar-refractivity contribution < 1.29 is 19.8 Å². The predicted molar refractivity (Wildman–Crippen MR) is 124 cm³/mol. The van der Waals surface area contributed by atoms with Gasteiger partial charge in [-0.1, -0.05) is 36.4 Å². The van der Waals surface area contributed by atoms with Gasteiger partial charge >= 0.3 is 0 Å². The fraction of sp³-hybridized carbons (Fsp3) is 0.0385. The van der Waals surface area contributed by atoms with Crippen LogP contribution in [0.1, 0.15) is 21.5 Å². The molecule has 0 aliphatic carbocycles. The number of phenolic OH excluding ortho intramolecular Hbond substituents is 2. The minimum absolute atomic E-state index is 0.202. The lowest BCUT2D eigenvalue weighted by Crippen LogP contribution is -2.37. The number of phenols is 2. The number of carbonyl (C=O) groups excluding carboxylic acids is 2. The first-order chi connectivity index (χ1) is 16.0. The molecule has 1 aliphatic heterocycles. The van der Waals surface area contributed by atoms with Crippen molar-refractivity contribution in [2.75, 3.05) is 0 Å². The lowest BCUT2D eigenvalue weighted by molar-refractivity contribution is -0.114. The van der Waals surface area contributed by atoms with E-state index in [9.17, 15) is 19.8 Å². The second kappa shape index (κ2) is 8.12. The molecule has 2 amide bonds. The monoisotopic (exact) mass is 437 g/mol. The number of amides is 2. The van der Waals surface area contributed by atoms with Crippen LogP contribution < -0.4 is 10.6 Å². The summed E-state index contributed by atoms with van der Waals surface area (Å²) in [6, 6.07) is 19.6. The van der Waals surface area contributed by atoms with Crippen LogP contribution >= 0.6 is 0 Å². The fourth-order valence-corrected chi connectivity index (χ4v) is 3.92. The summed E-state index contributed by atoms with van der Waals surface area (Å²) in [7, 11) is 0. The summed E-state index contributed by atoms with van der Waals surface area (Å²) in [5, 5.41) is 25.5. The van der Waals surface area contributed by atoms with Crippen LogP contribution in [-0.4, -0.2) is 27.0 Å². The van der Waals surface area contributed by atoms with Crippen LogP contribution in [0.2, 0.25) is 0 Å². The maximum absolute atomic E-state index is 12.6. The van der Waals surface area contributed by atoms with Crippen LogP contribution in [0, 0.1) is 0 Å². The highest BCUT2D eigenvalue weighted by Gasteiger charge is 2.27. The number of fused-ring (bicyclic) bond motifs is 2. The zero-order chi connectivity index (χ0) is 22.9. The summed E-state index contributed by atoms with van der Waals surface area (Å²) < 4.78 is 0. The molecule has 0 saturated carbocycles. The highest BCUT2D eigenvalue weighted by atomic mass is 16.3. The molecule has 4 aromatic rings. The number of carbonyl (C=O) groups is 2. The number of nitrogens with one attached hydrogen (secondary N) is 2. The number of imide groups is 1. The van der Waals surface area contributed by atoms with E-state index in [4.69, 9.17) is 0 Å². The number of pyridine rings is 1. The molecule has 1 aromatic heterocycles. The van der Waals surface area contributed by atoms with Gasteiger partial charge in [-0.15, -0.1) is 0 Å². The molecule has 3 aromatic carbocycles. The average Bonchev–Trinajstić information content (AvgIpc) is 2.82.